The van der Waals surface area contributed by atoms with Gasteiger partial charge in [0.15, 0.2) is 5.75 Å². The largest absolute Gasteiger partial charge is 0.494 e. The Morgan fingerprint density at radius 3 is 2.68 bits per heavy atom. The lowest BCUT2D eigenvalue weighted by molar-refractivity contribution is -0.130. The van der Waals surface area contributed by atoms with Crippen molar-refractivity contribution in [3.63, 3.8) is 0 Å². The van der Waals surface area contributed by atoms with Crippen LogP contribution < -0.4 is 9.64 Å². The van der Waals surface area contributed by atoms with Crippen LogP contribution in [0.3, 0.4) is 0 Å². The van der Waals surface area contributed by atoms with Crippen LogP contribution in [0.1, 0.15) is 11.1 Å². The summed E-state index contributed by atoms with van der Waals surface area (Å²) in [6.45, 7) is 3.68. The topological polar surface area (TPSA) is 99.3 Å². The first kappa shape index (κ1) is 18.9. The third-order valence-corrected chi connectivity index (χ3v) is 4.30. The number of hydrogen-bond donors (Lipinski definition) is 1. The molecule has 0 aliphatic rings. The van der Waals surface area contributed by atoms with Gasteiger partial charge in [0.25, 0.3) is 0 Å². The van der Waals surface area contributed by atoms with Gasteiger partial charge in [-0.15, -0.1) is 0 Å². The van der Waals surface area contributed by atoms with Crippen molar-refractivity contribution in [3.8, 4) is 22.9 Å². The Bertz CT molecular complexity index is 1150. The van der Waals surface area contributed by atoms with Gasteiger partial charge in [0.2, 0.25) is 5.95 Å². The molecule has 28 heavy (non-hydrogen) atoms. The van der Waals surface area contributed by atoms with E-state index in [1.165, 1.54) is 7.11 Å². The Kier molecular flexibility index (Phi) is 4.96. The first-order valence-electron chi connectivity index (χ1n) is 8.35. The lowest BCUT2D eigenvalue weighted by atomic mass is 9.94. The molecule has 1 heterocycles. The summed E-state index contributed by atoms with van der Waals surface area (Å²) in [4.78, 5) is 22.3. The van der Waals surface area contributed by atoms with Crippen molar-refractivity contribution in [1.82, 2.24) is 9.97 Å². The predicted octanol–water partition coefficient (Wildman–Crippen LogP) is 3.34. The van der Waals surface area contributed by atoms with E-state index in [0.717, 1.165) is 5.56 Å². The van der Waals surface area contributed by atoms with Gasteiger partial charge in [0.1, 0.15) is 5.52 Å². The Labute approximate surface area is 162 Å². The van der Waals surface area contributed by atoms with Crippen LogP contribution in [0, 0.1) is 11.3 Å². The third kappa shape index (κ3) is 3.23. The number of ether oxygens (including phenoxy) is 1. The van der Waals surface area contributed by atoms with E-state index in [9.17, 15) is 15.2 Å². The molecule has 7 heteroatoms. The zero-order chi connectivity index (χ0) is 20.4. The molecule has 0 saturated carbocycles. The summed E-state index contributed by atoms with van der Waals surface area (Å²) < 4.78 is 5.52. The minimum Gasteiger partial charge on any atom is -0.494 e. The maximum absolute atomic E-state index is 11.6. The Balaban J connectivity index is 2.44. The molecule has 1 N–H and O–H groups in total. The number of anilines is 1. The third-order valence-electron chi connectivity index (χ3n) is 4.30. The van der Waals surface area contributed by atoms with E-state index in [2.05, 4.69) is 22.6 Å². The van der Waals surface area contributed by atoms with Gasteiger partial charge in [-0.05, 0) is 29.3 Å². The van der Waals surface area contributed by atoms with Crippen LogP contribution in [0.5, 0.6) is 5.75 Å². The number of benzene rings is 2. The van der Waals surface area contributed by atoms with Crippen molar-refractivity contribution < 1.29 is 14.6 Å². The van der Waals surface area contributed by atoms with Crippen LogP contribution in [-0.2, 0) is 4.79 Å². The summed E-state index contributed by atoms with van der Waals surface area (Å²) in [6.07, 6.45) is 1.67. The van der Waals surface area contributed by atoms with Gasteiger partial charge >= 0.3 is 5.97 Å². The zero-order valence-corrected chi connectivity index (χ0v) is 15.7. The number of aliphatic carboxylic acids is 1. The highest BCUT2D eigenvalue weighted by Crippen LogP contribution is 2.39. The minimum absolute atomic E-state index is 0.110. The molecule has 0 radical (unpaired) electrons. The van der Waals surface area contributed by atoms with Crippen LogP contribution in [-0.4, -0.2) is 42.2 Å². The first-order valence-corrected chi connectivity index (χ1v) is 8.35. The number of nitrogens with zero attached hydrogens (tertiary/aromatic N) is 4. The fourth-order valence-electron chi connectivity index (χ4n) is 2.91. The molecule has 0 saturated heterocycles. The summed E-state index contributed by atoms with van der Waals surface area (Å²) in [5, 5.41) is 19.4. The van der Waals surface area contributed by atoms with Crippen LogP contribution in [0.25, 0.3) is 27.6 Å². The summed E-state index contributed by atoms with van der Waals surface area (Å²) in [6, 6.07) is 10.8. The maximum Gasteiger partial charge on any atom is 0.335 e. The normalized spacial score (nSPS) is 10.4. The van der Waals surface area contributed by atoms with Crippen LogP contribution in [0.2, 0.25) is 0 Å². The lowest BCUT2D eigenvalue weighted by Gasteiger charge is -2.17. The van der Waals surface area contributed by atoms with Crippen LogP contribution in [0.4, 0.5) is 5.95 Å². The van der Waals surface area contributed by atoms with Gasteiger partial charge in [-0.3, -0.25) is 0 Å². The highest BCUT2D eigenvalue weighted by molar-refractivity contribution is 6.17. The molecule has 0 amide bonds. The molecule has 0 spiro atoms. The van der Waals surface area contributed by atoms with Crippen LogP contribution in [0.15, 0.2) is 43.1 Å². The Hall–Kier alpha value is -3.92. The molecule has 7 nitrogen and oxygen atoms in total. The second-order valence-corrected chi connectivity index (χ2v) is 6.31. The Morgan fingerprint density at radius 2 is 2.07 bits per heavy atom. The van der Waals surface area contributed by atoms with Gasteiger partial charge in [-0.2, -0.15) is 5.26 Å². The second kappa shape index (κ2) is 7.37. The zero-order valence-electron chi connectivity index (χ0n) is 15.7. The number of rotatable bonds is 5. The van der Waals surface area contributed by atoms with Crippen molar-refractivity contribution in [3.05, 3.63) is 54.2 Å². The van der Waals surface area contributed by atoms with Crippen LogP contribution >= 0.6 is 0 Å². The van der Waals surface area contributed by atoms with Gasteiger partial charge in [0, 0.05) is 31.2 Å². The SMILES string of the molecule is C=C(C(=O)O)c1cc(-c2cccc(C#N)c2)c2cnc(N(C)C)nc2c1OC. The summed E-state index contributed by atoms with van der Waals surface area (Å²) in [5.41, 5.74) is 2.61. The summed E-state index contributed by atoms with van der Waals surface area (Å²) in [5.74, 6) is -0.384. The number of carboxylic acid groups (broad SMARTS) is 1. The van der Waals surface area contributed by atoms with Crippen molar-refractivity contribution in [2.24, 2.45) is 0 Å². The molecular formula is C21H18N4O3. The standard InChI is InChI=1S/C21H18N4O3/c1-12(20(26)27)15-9-16(14-7-5-6-13(8-14)10-22)17-11-23-21(25(2)3)24-18(17)19(15)28-4/h5-9,11H,1H2,2-4H3,(H,26,27). The van der Waals surface area contributed by atoms with Gasteiger partial charge in [0.05, 0.1) is 24.3 Å². The molecule has 0 aliphatic carbocycles. The van der Waals surface area contributed by atoms with Crippen molar-refractivity contribution in [1.29, 1.82) is 5.26 Å². The molecule has 0 bridgehead atoms. The number of nitriles is 1. The quantitative estimate of drug-likeness (QED) is 0.684. The van der Waals surface area contributed by atoms with Crippen molar-refractivity contribution in [2.45, 2.75) is 0 Å². The van der Waals surface area contributed by atoms with E-state index < -0.39 is 5.97 Å². The molecular weight excluding hydrogens is 356 g/mol. The molecule has 1 aromatic heterocycles. The van der Waals surface area contributed by atoms with E-state index in [4.69, 9.17) is 4.74 Å². The van der Waals surface area contributed by atoms with Gasteiger partial charge in [-0.1, -0.05) is 18.7 Å². The first-order chi connectivity index (χ1) is 13.4. The second-order valence-electron chi connectivity index (χ2n) is 6.31. The average molecular weight is 374 g/mol. The van der Waals surface area contributed by atoms with Gasteiger partial charge < -0.3 is 14.7 Å². The molecule has 0 unspecified atom stereocenters. The lowest BCUT2D eigenvalue weighted by Crippen LogP contribution is -2.13. The number of carboxylic acids is 1. The van der Waals surface area contributed by atoms with Crippen molar-refractivity contribution >= 4 is 28.4 Å². The van der Waals surface area contributed by atoms with E-state index in [1.807, 2.05) is 20.2 Å². The predicted molar refractivity (Wildman–Crippen MR) is 107 cm³/mol. The molecule has 140 valence electrons. The molecule has 3 aromatic rings. The van der Waals surface area contributed by atoms with E-state index >= 15 is 0 Å². The molecule has 0 fully saturated rings. The van der Waals surface area contributed by atoms with E-state index in [1.54, 1.807) is 35.4 Å². The monoisotopic (exact) mass is 374 g/mol. The smallest absolute Gasteiger partial charge is 0.335 e. The highest BCUT2D eigenvalue weighted by Gasteiger charge is 2.21. The fourth-order valence-corrected chi connectivity index (χ4v) is 2.91. The molecule has 0 atom stereocenters. The number of carbonyl (C=O) groups is 1. The van der Waals surface area contributed by atoms with E-state index in [-0.39, 0.29) is 5.57 Å². The average Bonchev–Trinajstić information content (AvgIpc) is 2.71. The Morgan fingerprint density at radius 1 is 1.32 bits per heavy atom. The molecule has 3 rings (SSSR count). The maximum atomic E-state index is 11.6. The molecule has 2 aromatic carbocycles. The number of methoxy groups -OCH3 is 1. The minimum atomic E-state index is -1.16. The van der Waals surface area contributed by atoms with Gasteiger partial charge in [-0.25, -0.2) is 14.8 Å². The number of aromatic nitrogens is 2. The highest BCUT2D eigenvalue weighted by atomic mass is 16.5. The fraction of sp³-hybridized carbons (Fsp3) is 0.143. The summed E-state index contributed by atoms with van der Waals surface area (Å²) in [7, 11) is 5.08. The van der Waals surface area contributed by atoms with E-state index in [0.29, 0.717) is 39.3 Å². The number of hydrogen-bond acceptors (Lipinski definition) is 6. The summed E-state index contributed by atoms with van der Waals surface area (Å²) >= 11 is 0. The van der Waals surface area contributed by atoms with Crippen molar-refractivity contribution in [2.75, 3.05) is 26.1 Å². The molecule has 0 aliphatic heterocycles. The number of fused-ring (bicyclic) bond motifs is 1.